The number of benzene rings is 2. The summed E-state index contributed by atoms with van der Waals surface area (Å²) in [6, 6.07) is 10.8. The van der Waals surface area contributed by atoms with Crippen molar-refractivity contribution < 1.29 is 27.1 Å². The molecule has 0 radical (unpaired) electrons. The zero-order valence-electron chi connectivity index (χ0n) is 18.4. The van der Waals surface area contributed by atoms with Crippen molar-refractivity contribution in [1.29, 1.82) is 0 Å². The molecule has 0 fully saturated rings. The van der Waals surface area contributed by atoms with E-state index in [-0.39, 0.29) is 23.0 Å². The topological polar surface area (TPSA) is 99.0 Å². The number of amides is 1. The number of hydrogen-bond acceptors (Lipinski definition) is 7. The summed E-state index contributed by atoms with van der Waals surface area (Å²) in [5.74, 6) is -1.88. The third kappa shape index (κ3) is 4.89. The van der Waals surface area contributed by atoms with Crippen molar-refractivity contribution in [2.24, 2.45) is 0 Å². The second-order valence-electron chi connectivity index (χ2n) is 7.50. The van der Waals surface area contributed by atoms with Gasteiger partial charge in [-0.1, -0.05) is 12.1 Å². The maximum Gasteiger partial charge on any atom is 0.418 e. The molecule has 0 saturated carbocycles. The molecule has 5 rings (SSSR count). The van der Waals surface area contributed by atoms with Crippen LogP contribution in [0.2, 0.25) is 0 Å². The van der Waals surface area contributed by atoms with Crippen LogP contribution in [-0.4, -0.2) is 25.7 Å². The first kappa shape index (κ1) is 24.1. The summed E-state index contributed by atoms with van der Waals surface area (Å²) in [5.41, 5.74) is -2.28. The van der Waals surface area contributed by atoms with Gasteiger partial charge in [0.25, 0.3) is 5.91 Å². The SMILES string of the molecule is O=C(Nc1ccc(Oc2ncnc3ccsc23)c(F)c1)c1nn(-c2ccccc2C(F)(F)F)ccc1=O. The molecule has 13 heteroatoms. The molecule has 0 aliphatic carbocycles. The van der Waals surface area contributed by atoms with Crippen LogP contribution in [0, 0.1) is 5.82 Å². The van der Waals surface area contributed by atoms with E-state index in [0.29, 0.717) is 10.2 Å². The highest BCUT2D eigenvalue weighted by atomic mass is 32.1. The molecule has 0 unspecified atom stereocenters. The van der Waals surface area contributed by atoms with Crippen LogP contribution >= 0.6 is 11.3 Å². The number of thiophene rings is 1. The average Bonchev–Trinajstić information content (AvgIpc) is 3.35. The summed E-state index contributed by atoms with van der Waals surface area (Å²) in [6.45, 7) is 0. The van der Waals surface area contributed by atoms with Gasteiger partial charge in [0.1, 0.15) is 11.0 Å². The molecule has 1 N–H and O–H groups in total. The highest BCUT2D eigenvalue weighted by Gasteiger charge is 2.34. The van der Waals surface area contributed by atoms with E-state index in [2.05, 4.69) is 20.4 Å². The van der Waals surface area contributed by atoms with Crippen LogP contribution in [0.25, 0.3) is 15.9 Å². The van der Waals surface area contributed by atoms with Crippen LogP contribution in [0.5, 0.6) is 11.6 Å². The minimum absolute atomic E-state index is 0.0360. The Kier molecular flexibility index (Phi) is 6.13. The van der Waals surface area contributed by atoms with Gasteiger partial charge in [0.15, 0.2) is 17.3 Å². The highest BCUT2D eigenvalue weighted by molar-refractivity contribution is 7.17. The largest absolute Gasteiger partial charge is 0.434 e. The van der Waals surface area contributed by atoms with Crippen molar-refractivity contribution >= 4 is 33.1 Å². The quantitative estimate of drug-likeness (QED) is 0.306. The fraction of sp³-hybridized carbons (Fsp3) is 0.0417. The second kappa shape index (κ2) is 9.43. The predicted octanol–water partition coefficient (Wildman–Crippen LogP) is 5.44. The molecule has 3 heterocycles. The van der Waals surface area contributed by atoms with Crippen LogP contribution in [0.4, 0.5) is 23.2 Å². The van der Waals surface area contributed by atoms with Crippen molar-refractivity contribution in [3.63, 3.8) is 0 Å². The van der Waals surface area contributed by atoms with Gasteiger partial charge in [0.2, 0.25) is 11.3 Å². The van der Waals surface area contributed by atoms with E-state index in [1.807, 2.05) is 0 Å². The van der Waals surface area contributed by atoms with E-state index in [1.54, 1.807) is 11.4 Å². The van der Waals surface area contributed by atoms with Gasteiger partial charge < -0.3 is 10.1 Å². The van der Waals surface area contributed by atoms with Gasteiger partial charge in [-0.3, -0.25) is 9.59 Å². The molecule has 0 spiro atoms. The summed E-state index contributed by atoms with van der Waals surface area (Å²) in [4.78, 5) is 33.1. The number of carbonyl (C=O) groups excluding carboxylic acids is 1. The number of halogens is 4. The summed E-state index contributed by atoms with van der Waals surface area (Å²) >= 11 is 1.32. The van der Waals surface area contributed by atoms with Gasteiger partial charge in [-0.15, -0.1) is 11.3 Å². The van der Waals surface area contributed by atoms with E-state index in [0.717, 1.165) is 35.1 Å². The number of hydrogen-bond donors (Lipinski definition) is 1. The molecule has 0 aliphatic rings. The molecule has 2 aromatic carbocycles. The Morgan fingerprint density at radius 2 is 1.86 bits per heavy atom. The van der Waals surface area contributed by atoms with Crippen molar-refractivity contribution in [1.82, 2.24) is 19.7 Å². The van der Waals surface area contributed by atoms with E-state index >= 15 is 0 Å². The third-order valence-corrected chi connectivity index (χ3v) is 5.98. The minimum Gasteiger partial charge on any atom is -0.434 e. The first-order valence-corrected chi connectivity index (χ1v) is 11.3. The molecule has 186 valence electrons. The lowest BCUT2D eigenvalue weighted by atomic mass is 10.1. The van der Waals surface area contributed by atoms with Crippen LogP contribution in [0.1, 0.15) is 16.1 Å². The number of fused-ring (bicyclic) bond motifs is 1. The van der Waals surface area contributed by atoms with E-state index in [1.165, 1.54) is 41.9 Å². The lowest BCUT2D eigenvalue weighted by Crippen LogP contribution is -2.26. The zero-order valence-corrected chi connectivity index (χ0v) is 19.2. The molecule has 1 amide bonds. The molecular weight excluding hydrogens is 514 g/mol. The van der Waals surface area contributed by atoms with Crippen LogP contribution < -0.4 is 15.5 Å². The fourth-order valence-corrected chi connectivity index (χ4v) is 4.18. The van der Waals surface area contributed by atoms with Gasteiger partial charge in [-0.25, -0.2) is 19.0 Å². The Balaban J connectivity index is 1.39. The zero-order chi connectivity index (χ0) is 26.2. The van der Waals surface area contributed by atoms with Crippen molar-refractivity contribution in [3.05, 3.63) is 99.8 Å². The summed E-state index contributed by atoms with van der Waals surface area (Å²) < 4.78 is 61.9. The van der Waals surface area contributed by atoms with Crippen LogP contribution in [-0.2, 0) is 6.18 Å². The van der Waals surface area contributed by atoms with Gasteiger partial charge in [0, 0.05) is 24.0 Å². The second-order valence-corrected chi connectivity index (χ2v) is 8.42. The Hall–Kier alpha value is -4.65. The molecule has 8 nitrogen and oxygen atoms in total. The molecule has 3 aromatic heterocycles. The van der Waals surface area contributed by atoms with E-state index < -0.39 is 34.6 Å². The Morgan fingerprint density at radius 1 is 1.05 bits per heavy atom. The molecule has 5 aromatic rings. The lowest BCUT2D eigenvalue weighted by molar-refractivity contribution is -0.137. The van der Waals surface area contributed by atoms with Crippen molar-refractivity contribution in [2.45, 2.75) is 6.18 Å². The maximum absolute atomic E-state index is 14.7. The monoisotopic (exact) mass is 527 g/mol. The first-order valence-electron chi connectivity index (χ1n) is 10.4. The molecule has 0 bridgehead atoms. The lowest BCUT2D eigenvalue weighted by Gasteiger charge is -2.14. The van der Waals surface area contributed by atoms with Crippen molar-refractivity contribution in [2.75, 3.05) is 5.32 Å². The number of alkyl halides is 3. The average molecular weight is 527 g/mol. The number of anilines is 1. The Bertz CT molecular complexity index is 1700. The highest BCUT2D eigenvalue weighted by Crippen LogP contribution is 2.34. The molecule has 37 heavy (non-hydrogen) atoms. The fourth-order valence-electron chi connectivity index (χ4n) is 3.41. The number of para-hydroxylation sites is 1. The van der Waals surface area contributed by atoms with E-state index in [4.69, 9.17) is 4.74 Å². The summed E-state index contributed by atoms with van der Waals surface area (Å²) in [7, 11) is 0. The number of carbonyl (C=O) groups is 1. The Morgan fingerprint density at radius 3 is 2.65 bits per heavy atom. The number of nitrogens with zero attached hydrogens (tertiary/aromatic N) is 4. The Labute approximate surface area is 208 Å². The van der Waals surface area contributed by atoms with Crippen LogP contribution in [0.3, 0.4) is 0 Å². The first-order chi connectivity index (χ1) is 17.7. The maximum atomic E-state index is 14.7. The number of aromatic nitrogens is 4. The standard InChI is InChI=1S/C24H13F4N5O3S/c25-15-11-13(5-6-19(15)36-23-21-16(8-10-37-21)29-12-30-23)31-22(35)20-18(34)7-9-33(32-20)17-4-2-1-3-14(17)24(26,27)28/h1-12H,(H,31,35). The molecule has 0 aliphatic heterocycles. The molecular formula is C24H13F4N5O3S. The van der Waals surface area contributed by atoms with Gasteiger partial charge in [-0.05, 0) is 35.7 Å². The minimum atomic E-state index is -4.69. The normalized spacial score (nSPS) is 11.5. The van der Waals surface area contributed by atoms with E-state index in [9.17, 15) is 27.2 Å². The predicted molar refractivity (Wildman–Crippen MR) is 127 cm³/mol. The summed E-state index contributed by atoms with van der Waals surface area (Å²) in [5, 5.41) is 7.90. The van der Waals surface area contributed by atoms with Crippen LogP contribution in [0.15, 0.2) is 77.3 Å². The van der Waals surface area contributed by atoms with Gasteiger partial charge in [-0.2, -0.15) is 18.3 Å². The molecule has 0 atom stereocenters. The number of rotatable bonds is 5. The summed E-state index contributed by atoms with van der Waals surface area (Å²) in [6.07, 6.45) is -2.39. The third-order valence-electron chi connectivity index (χ3n) is 5.09. The molecule has 0 saturated heterocycles. The van der Waals surface area contributed by atoms with Gasteiger partial charge in [0.05, 0.1) is 16.8 Å². The van der Waals surface area contributed by atoms with Crippen molar-refractivity contribution in [3.8, 4) is 17.3 Å². The number of nitrogens with one attached hydrogen (secondary N) is 1. The smallest absolute Gasteiger partial charge is 0.418 e. The van der Waals surface area contributed by atoms with Gasteiger partial charge >= 0.3 is 6.18 Å². The number of ether oxygens (including phenoxy) is 1.